The van der Waals surface area contributed by atoms with Crippen molar-refractivity contribution in [1.29, 1.82) is 0 Å². The van der Waals surface area contributed by atoms with Crippen molar-refractivity contribution in [3.8, 4) is 0 Å². The molecule has 1 aliphatic rings. The van der Waals surface area contributed by atoms with Gasteiger partial charge in [-0.15, -0.1) is 24.8 Å². The first kappa shape index (κ1) is 24.4. The van der Waals surface area contributed by atoms with Crippen molar-refractivity contribution in [3.05, 3.63) is 71.3 Å². The number of rotatable bonds is 7. The minimum Gasteiger partial charge on any atom is -0.337 e. The fourth-order valence-corrected chi connectivity index (χ4v) is 3.62. The summed E-state index contributed by atoms with van der Waals surface area (Å²) < 4.78 is 0. The molecule has 0 saturated carbocycles. The number of amides is 1. The molecular weight excluding hydrogens is 393 g/mol. The second kappa shape index (κ2) is 12.1. The monoisotopic (exact) mass is 423 g/mol. The first-order valence-electron chi connectivity index (χ1n) is 9.52. The van der Waals surface area contributed by atoms with Crippen molar-refractivity contribution in [3.63, 3.8) is 0 Å². The molecule has 2 N–H and O–H groups in total. The van der Waals surface area contributed by atoms with Crippen molar-refractivity contribution >= 4 is 30.7 Å². The van der Waals surface area contributed by atoms with Gasteiger partial charge in [0.2, 0.25) is 5.91 Å². The van der Waals surface area contributed by atoms with E-state index in [1.807, 2.05) is 30.0 Å². The molecule has 2 aromatic rings. The summed E-state index contributed by atoms with van der Waals surface area (Å²) in [5.41, 5.74) is 9.61. The maximum absolute atomic E-state index is 13.2. The van der Waals surface area contributed by atoms with Gasteiger partial charge >= 0.3 is 0 Å². The number of fused-ring (bicyclic) bond motifs is 1. The minimum atomic E-state index is -0.121. The van der Waals surface area contributed by atoms with E-state index in [0.29, 0.717) is 19.6 Å². The molecule has 154 valence electrons. The number of carbonyl (C=O) groups is 1. The van der Waals surface area contributed by atoms with Gasteiger partial charge in [0.25, 0.3) is 0 Å². The highest BCUT2D eigenvalue weighted by molar-refractivity contribution is 5.85. The Kier molecular flexibility index (Phi) is 10.5. The fraction of sp³-hybridized carbons (Fsp3) is 0.409. The first-order chi connectivity index (χ1) is 12.7. The van der Waals surface area contributed by atoms with Crippen LogP contribution in [-0.2, 0) is 24.3 Å². The van der Waals surface area contributed by atoms with E-state index < -0.39 is 0 Å². The predicted octanol–water partition coefficient (Wildman–Crippen LogP) is 3.65. The lowest BCUT2D eigenvalue weighted by atomic mass is 9.98. The fourth-order valence-electron chi connectivity index (χ4n) is 3.62. The lowest BCUT2D eigenvalue weighted by Crippen LogP contribution is -2.48. The van der Waals surface area contributed by atoms with E-state index in [-0.39, 0.29) is 36.8 Å². The van der Waals surface area contributed by atoms with E-state index >= 15 is 0 Å². The zero-order chi connectivity index (χ0) is 18.4. The van der Waals surface area contributed by atoms with E-state index in [2.05, 4.69) is 41.3 Å². The van der Waals surface area contributed by atoms with Gasteiger partial charge in [-0.1, -0.05) is 54.6 Å². The lowest BCUT2D eigenvalue weighted by Gasteiger charge is -2.36. The summed E-state index contributed by atoms with van der Waals surface area (Å²) in [6, 6.07) is 18.6. The molecule has 6 heteroatoms. The maximum atomic E-state index is 13.2. The minimum absolute atomic E-state index is 0. The van der Waals surface area contributed by atoms with Crippen LogP contribution in [0, 0.1) is 0 Å². The van der Waals surface area contributed by atoms with Crippen molar-refractivity contribution in [2.45, 2.75) is 38.9 Å². The number of hydrogen-bond acceptors (Lipinski definition) is 3. The van der Waals surface area contributed by atoms with Crippen LogP contribution in [0.1, 0.15) is 30.0 Å². The molecule has 2 aromatic carbocycles. The van der Waals surface area contributed by atoms with Gasteiger partial charge in [0.15, 0.2) is 0 Å². The number of benzene rings is 2. The summed E-state index contributed by atoms with van der Waals surface area (Å²) in [4.78, 5) is 17.5. The Bertz CT molecular complexity index is 727. The third-order valence-electron chi connectivity index (χ3n) is 5.23. The first-order valence-corrected chi connectivity index (χ1v) is 9.52. The van der Waals surface area contributed by atoms with Gasteiger partial charge in [-0.05, 0) is 43.0 Å². The molecule has 1 unspecified atom stereocenters. The maximum Gasteiger partial charge on any atom is 0.239 e. The van der Waals surface area contributed by atoms with Crippen LogP contribution in [0.2, 0.25) is 0 Å². The van der Waals surface area contributed by atoms with Crippen LogP contribution in [0.15, 0.2) is 54.6 Å². The zero-order valence-electron chi connectivity index (χ0n) is 16.4. The van der Waals surface area contributed by atoms with Gasteiger partial charge < -0.3 is 10.6 Å². The third kappa shape index (κ3) is 6.21. The molecule has 1 heterocycles. The van der Waals surface area contributed by atoms with Gasteiger partial charge in [0.05, 0.1) is 6.04 Å². The van der Waals surface area contributed by atoms with Crippen LogP contribution in [-0.4, -0.2) is 41.4 Å². The standard InChI is InChI=1S/C22H29N3O.2ClH/c1-18(24-15-12-20-10-5-6-11-21(20)17-24)22(26)25(14-7-13-23)16-19-8-3-2-4-9-19;;/h2-6,8-11,18H,7,12-17,23H2,1H3;2*1H. The van der Waals surface area contributed by atoms with Gasteiger partial charge in [0.1, 0.15) is 0 Å². The van der Waals surface area contributed by atoms with Gasteiger partial charge in [0, 0.05) is 26.2 Å². The molecule has 0 bridgehead atoms. The van der Waals surface area contributed by atoms with Gasteiger partial charge in [-0.3, -0.25) is 9.69 Å². The molecule has 0 aliphatic carbocycles. The largest absolute Gasteiger partial charge is 0.337 e. The molecule has 28 heavy (non-hydrogen) atoms. The summed E-state index contributed by atoms with van der Waals surface area (Å²) in [5.74, 6) is 0.196. The molecule has 1 atom stereocenters. The topological polar surface area (TPSA) is 49.6 Å². The van der Waals surface area contributed by atoms with Crippen LogP contribution in [0.5, 0.6) is 0 Å². The highest BCUT2D eigenvalue weighted by Crippen LogP contribution is 2.21. The van der Waals surface area contributed by atoms with E-state index in [0.717, 1.165) is 31.5 Å². The van der Waals surface area contributed by atoms with E-state index in [9.17, 15) is 4.79 Å². The molecular formula is C22H31Cl2N3O. The molecule has 4 nitrogen and oxygen atoms in total. The normalized spacial score (nSPS) is 14.2. The second-order valence-corrected chi connectivity index (χ2v) is 7.05. The van der Waals surface area contributed by atoms with Crippen molar-refractivity contribution in [1.82, 2.24) is 9.80 Å². The Morgan fingerprint density at radius 3 is 2.39 bits per heavy atom. The Balaban J connectivity index is 0.00000196. The van der Waals surface area contributed by atoms with Crippen molar-refractivity contribution in [2.24, 2.45) is 5.73 Å². The molecule has 1 amide bonds. The molecule has 1 aliphatic heterocycles. The number of carbonyl (C=O) groups excluding carboxylic acids is 1. The highest BCUT2D eigenvalue weighted by atomic mass is 35.5. The molecule has 3 rings (SSSR count). The SMILES string of the molecule is CC(C(=O)N(CCCN)Cc1ccccc1)N1CCc2ccccc2C1.Cl.Cl. The van der Waals surface area contributed by atoms with Crippen LogP contribution >= 0.6 is 24.8 Å². The molecule has 0 radical (unpaired) electrons. The van der Waals surface area contributed by atoms with Crippen molar-refractivity contribution < 1.29 is 4.79 Å². The Labute approximate surface area is 180 Å². The number of nitrogens with two attached hydrogens (primary N) is 1. The summed E-state index contributed by atoms with van der Waals surface area (Å²) >= 11 is 0. The van der Waals surface area contributed by atoms with E-state index in [4.69, 9.17) is 5.73 Å². The molecule has 0 spiro atoms. The summed E-state index contributed by atoms with van der Waals surface area (Å²) in [6.07, 6.45) is 1.84. The summed E-state index contributed by atoms with van der Waals surface area (Å²) in [7, 11) is 0. The lowest BCUT2D eigenvalue weighted by molar-refractivity contribution is -0.137. The molecule has 0 fully saturated rings. The average molecular weight is 424 g/mol. The van der Waals surface area contributed by atoms with Crippen molar-refractivity contribution in [2.75, 3.05) is 19.6 Å². The Hall–Kier alpha value is -1.59. The zero-order valence-corrected chi connectivity index (χ0v) is 18.1. The van der Waals surface area contributed by atoms with Crippen LogP contribution in [0.4, 0.5) is 0 Å². The third-order valence-corrected chi connectivity index (χ3v) is 5.23. The van der Waals surface area contributed by atoms with Crippen LogP contribution in [0.25, 0.3) is 0 Å². The summed E-state index contributed by atoms with van der Waals surface area (Å²) in [6.45, 7) is 5.77. The quantitative estimate of drug-likeness (QED) is 0.738. The Morgan fingerprint density at radius 1 is 1.07 bits per heavy atom. The van der Waals surface area contributed by atoms with Gasteiger partial charge in [-0.25, -0.2) is 0 Å². The average Bonchev–Trinajstić information content (AvgIpc) is 2.70. The van der Waals surface area contributed by atoms with Crippen LogP contribution in [0.3, 0.4) is 0 Å². The summed E-state index contributed by atoms with van der Waals surface area (Å²) in [5, 5.41) is 0. The van der Waals surface area contributed by atoms with E-state index in [1.54, 1.807) is 0 Å². The molecule has 0 aromatic heterocycles. The number of hydrogen-bond donors (Lipinski definition) is 1. The number of halogens is 2. The number of nitrogens with zero attached hydrogens (tertiary/aromatic N) is 2. The Morgan fingerprint density at radius 2 is 1.71 bits per heavy atom. The van der Waals surface area contributed by atoms with Crippen LogP contribution < -0.4 is 5.73 Å². The van der Waals surface area contributed by atoms with E-state index in [1.165, 1.54) is 11.1 Å². The predicted molar refractivity (Wildman–Crippen MR) is 120 cm³/mol. The smallest absolute Gasteiger partial charge is 0.239 e. The van der Waals surface area contributed by atoms with Gasteiger partial charge in [-0.2, -0.15) is 0 Å². The highest BCUT2D eigenvalue weighted by Gasteiger charge is 2.28. The molecule has 0 saturated heterocycles. The second-order valence-electron chi connectivity index (χ2n) is 7.05.